The third-order valence-corrected chi connectivity index (χ3v) is 4.31. The molecule has 1 aromatic heterocycles. The molecule has 8 heteroatoms. The van der Waals surface area contributed by atoms with Crippen molar-refractivity contribution in [3.05, 3.63) is 59.7 Å². The van der Waals surface area contributed by atoms with Gasteiger partial charge in [-0.05, 0) is 42.0 Å². The summed E-state index contributed by atoms with van der Waals surface area (Å²) in [6, 6.07) is 14.2. The monoisotopic (exact) mass is 357 g/mol. The van der Waals surface area contributed by atoms with Crippen LogP contribution in [-0.2, 0) is 5.75 Å². The standard InChI is InChI=1S/C17H15N3O4S/c1-23-14-8-6-13(7-9-14)16-18-19-17(24-16)25-10-11-2-4-12(5-3-11)15(21)20-22/h2-9,22H,10H2,1H3,(H,20,21). The molecule has 0 atom stereocenters. The van der Waals surface area contributed by atoms with Crippen molar-refractivity contribution in [1.82, 2.24) is 15.7 Å². The maximum Gasteiger partial charge on any atom is 0.277 e. The number of nitrogens with one attached hydrogen (secondary N) is 1. The Labute approximate surface area is 148 Å². The Morgan fingerprint density at radius 1 is 1.16 bits per heavy atom. The van der Waals surface area contributed by atoms with Crippen molar-refractivity contribution in [3.63, 3.8) is 0 Å². The van der Waals surface area contributed by atoms with E-state index >= 15 is 0 Å². The molecule has 0 aliphatic heterocycles. The molecule has 0 bridgehead atoms. The molecule has 0 aliphatic rings. The van der Waals surface area contributed by atoms with E-state index in [1.807, 2.05) is 24.3 Å². The fraction of sp³-hybridized carbons (Fsp3) is 0.118. The van der Waals surface area contributed by atoms with Gasteiger partial charge in [-0.3, -0.25) is 10.0 Å². The van der Waals surface area contributed by atoms with Crippen molar-refractivity contribution < 1.29 is 19.2 Å². The first-order valence-corrected chi connectivity index (χ1v) is 8.32. The Balaban J connectivity index is 1.62. The highest BCUT2D eigenvalue weighted by Crippen LogP contribution is 2.26. The van der Waals surface area contributed by atoms with Gasteiger partial charge in [0.05, 0.1) is 7.11 Å². The molecule has 1 amide bonds. The summed E-state index contributed by atoms with van der Waals surface area (Å²) >= 11 is 1.40. The molecule has 128 valence electrons. The van der Waals surface area contributed by atoms with Crippen LogP contribution >= 0.6 is 11.8 Å². The van der Waals surface area contributed by atoms with Crippen LogP contribution in [0.4, 0.5) is 0 Å². The fourth-order valence-electron chi connectivity index (χ4n) is 2.08. The summed E-state index contributed by atoms with van der Waals surface area (Å²) in [7, 11) is 1.61. The normalized spacial score (nSPS) is 10.5. The molecular formula is C17H15N3O4S. The lowest BCUT2D eigenvalue weighted by Crippen LogP contribution is -2.18. The lowest BCUT2D eigenvalue weighted by molar-refractivity contribution is 0.0706. The number of hydrogen-bond donors (Lipinski definition) is 2. The smallest absolute Gasteiger partial charge is 0.277 e. The second-order valence-corrected chi connectivity index (χ2v) is 5.95. The number of amides is 1. The summed E-state index contributed by atoms with van der Waals surface area (Å²) < 4.78 is 10.8. The van der Waals surface area contributed by atoms with Gasteiger partial charge in [-0.1, -0.05) is 23.9 Å². The number of aromatic nitrogens is 2. The molecule has 2 N–H and O–H groups in total. The minimum Gasteiger partial charge on any atom is -0.497 e. The molecular weight excluding hydrogens is 342 g/mol. The van der Waals surface area contributed by atoms with Crippen LogP contribution in [0, 0.1) is 0 Å². The SMILES string of the molecule is COc1ccc(-c2nnc(SCc3ccc(C(=O)NO)cc3)o2)cc1. The molecule has 0 radical (unpaired) electrons. The van der Waals surface area contributed by atoms with Gasteiger partial charge in [0.2, 0.25) is 5.89 Å². The van der Waals surface area contributed by atoms with E-state index in [0.717, 1.165) is 16.9 Å². The van der Waals surface area contributed by atoms with Crippen LogP contribution in [0.1, 0.15) is 15.9 Å². The second-order valence-electron chi connectivity index (χ2n) is 5.03. The van der Waals surface area contributed by atoms with Crippen LogP contribution in [0.25, 0.3) is 11.5 Å². The molecule has 0 saturated carbocycles. The molecule has 2 aromatic carbocycles. The topological polar surface area (TPSA) is 97.5 Å². The number of nitrogens with zero attached hydrogens (tertiary/aromatic N) is 2. The molecule has 3 rings (SSSR count). The van der Waals surface area contributed by atoms with Gasteiger partial charge in [0.1, 0.15) is 5.75 Å². The molecule has 0 saturated heterocycles. The number of carbonyl (C=O) groups is 1. The highest BCUT2D eigenvalue weighted by atomic mass is 32.2. The van der Waals surface area contributed by atoms with E-state index in [4.69, 9.17) is 14.4 Å². The molecule has 0 unspecified atom stereocenters. The molecule has 3 aromatic rings. The molecule has 0 fully saturated rings. The lowest BCUT2D eigenvalue weighted by atomic mass is 10.1. The van der Waals surface area contributed by atoms with Crippen molar-refractivity contribution in [2.45, 2.75) is 11.0 Å². The second kappa shape index (κ2) is 7.82. The van der Waals surface area contributed by atoms with Gasteiger partial charge in [-0.15, -0.1) is 10.2 Å². The quantitative estimate of drug-likeness (QED) is 0.397. The van der Waals surface area contributed by atoms with Crippen molar-refractivity contribution in [3.8, 4) is 17.2 Å². The van der Waals surface area contributed by atoms with Crippen LogP contribution in [0.15, 0.2) is 58.2 Å². The zero-order valence-corrected chi connectivity index (χ0v) is 14.1. The Morgan fingerprint density at radius 3 is 2.52 bits per heavy atom. The maximum atomic E-state index is 11.3. The van der Waals surface area contributed by atoms with Crippen molar-refractivity contribution >= 4 is 17.7 Å². The van der Waals surface area contributed by atoms with Gasteiger partial charge in [0, 0.05) is 16.9 Å². The Morgan fingerprint density at radius 2 is 1.88 bits per heavy atom. The average molecular weight is 357 g/mol. The summed E-state index contributed by atoms with van der Waals surface area (Å²) in [5.41, 5.74) is 3.79. The van der Waals surface area contributed by atoms with E-state index in [9.17, 15) is 4.79 Å². The Kier molecular flexibility index (Phi) is 5.32. The first kappa shape index (κ1) is 17.0. The van der Waals surface area contributed by atoms with Gasteiger partial charge in [0.25, 0.3) is 11.1 Å². The zero-order chi connectivity index (χ0) is 17.6. The number of ether oxygens (including phenoxy) is 1. The zero-order valence-electron chi connectivity index (χ0n) is 13.3. The highest BCUT2D eigenvalue weighted by Gasteiger charge is 2.10. The predicted octanol–water partition coefficient (Wildman–Crippen LogP) is 3.16. The average Bonchev–Trinajstić information content (AvgIpc) is 3.15. The Hall–Kier alpha value is -2.84. The number of rotatable bonds is 6. The largest absolute Gasteiger partial charge is 0.497 e. The predicted molar refractivity (Wildman–Crippen MR) is 91.5 cm³/mol. The number of benzene rings is 2. The van der Waals surface area contributed by atoms with Gasteiger partial charge in [-0.25, -0.2) is 5.48 Å². The van der Waals surface area contributed by atoms with E-state index in [2.05, 4.69) is 10.2 Å². The van der Waals surface area contributed by atoms with E-state index in [-0.39, 0.29) is 0 Å². The van der Waals surface area contributed by atoms with Gasteiger partial charge >= 0.3 is 0 Å². The van der Waals surface area contributed by atoms with Crippen LogP contribution in [0.5, 0.6) is 5.75 Å². The first-order chi connectivity index (χ1) is 12.2. The highest BCUT2D eigenvalue weighted by molar-refractivity contribution is 7.98. The minimum absolute atomic E-state index is 0.385. The number of methoxy groups -OCH3 is 1. The molecule has 0 aliphatic carbocycles. The van der Waals surface area contributed by atoms with E-state index in [0.29, 0.717) is 22.4 Å². The van der Waals surface area contributed by atoms with E-state index < -0.39 is 5.91 Å². The minimum atomic E-state index is -0.541. The third-order valence-electron chi connectivity index (χ3n) is 3.42. The van der Waals surface area contributed by atoms with Crippen LogP contribution in [0.3, 0.4) is 0 Å². The Bertz CT molecular complexity index is 847. The maximum absolute atomic E-state index is 11.3. The first-order valence-electron chi connectivity index (χ1n) is 7.33. The summed E-state index contributed by atoms with van der Waals surface area (Å²) in [5.74, 6) is 1.28. The summed E-state index contributed by atoms with van der Waals surface area (Å²) in [6.07, 6.45) is 0. The van der Waals surface area contributed by atoms with Crippen LogP contribution < -0.4 is 10.2 Å². The van der Waals surface area contributed by atoms with Crippen LogP contribution in [0.2, 0.25) is 0 Å². The molecule has 25 heavy (non-hydrogen) atoms. The van der Waals surface area contributed by atoms with Crippen molar-refractivity contribution in [1.29, 1.82) is 0 Å². The lowest BCUT2D eigenvalue weighted by Gasteiger charge is -2.01. The van der Waals surface area contributed by atoms with E-state index in [1.54, 1.807) is 36.9 Å². The molecule has 7 nitrogen and oxygen atoms in total. The van der Waals surface area contributed by atoms with Gasteiger partial charge in [0.15, 0.2) is 0 Å². The molecule has 1 heterocycles. The number of thioether (sulfide) groups is 1. The number of hydrogen-bond acceptors (Lipinski definition) is 7. The fourth-order valence-corrected chi connectivity index (χ4v) is 2.80. The van der Waals surface area contributed by atoms with E-state index in [1.165, 1.54) is 11.8 Å². The van der Waals surface area contributed by atoms with Gasteiger partial charge in [-0.2, -0.15) is 0 Å². The van der Waals surface area contributed by atoms with Crippen molar-refractivity contribution in [2.75, 3.05) is 7.11 Å². The summed E-state index contributed by atoms with van der Waals surface area (Å²) in [4.78, 5) is 11.3. The number of hydroxylamine groups is 1. The number of carbonyl (C=O) groups excluding carboxylic acids is 1. The van der Waals surface area contributed by atoms with Crippen LogP contribution in [-0.4, -0.2) is 28.4 Å². The van der Waals surface area contributed by atoms with Crippen molar-refractivity contribution in [2.24, 2.45) is 0 Å². The summed E-state index contributed by atoms with van der Waals surface area (Å²) in [5, 5.41) is 17.1. The summed E-state index contributed by atoms with van der Waals surface area (Å²) in [6.45, 7) is 0. The third kappa shape index (κ3) is 4.17. The molecule has 0 spiro atoms. The van der Waals surface area contributed by atoms with Gasteiger partial charge < -0.3 is 9.15 Å².